The summed E-state index contributed by atoms with van der Waals surface area (Å²) >= 11 is 0. The molecule has 0 unspecified atom stereocenters. The number of rotatable bonds is 9. The van der Waals surface area contributed by atoms with E-state index in [1.165, 1.54) is 12.1 Å². The molecule has 0 radical (unpaired) electrons. The lowest BCUT2D eigenvalue weighted by Crippen LogP contribution is -2.12. The summed E-state index contributed by atoms with van der Waals surface area (Å²) < 4.78 is 58.6. The summed E-state index contributed by atoms with van der Waals surface area (Å²) in [4.78, 5) is 7.25. The van der Waals surface area contributed by atoms with Crippen LogP contribution in [0, 0.1) is 0 Å². The Balaban J connectivity index is 1.40. The molecule has 9 heteroatoms. The predicted molar refractivity (Wildman–Crippen MR) is 125 cm³/mol. The third kappa shape index (κ3) is 5.48. The van der Waals surface area contributed by atoms with Crippen LogP contribution >= 0.6 is 0 Å². The highest BCUT2D eigenvalue weighted by Crippen LogP contribution is 2.35. The van der Waals surface area contributed by atoms with E-state index < -0.39 is 18.4 Å². The van der Waals surface area contributed by atoms with Crippen molar-refractivity contribution in [1.29, 1.82) is 0 Å². The van der Waals surface area contributed by atoms with Crippen molar-refractivity contribution in [2.24, 2.45) is 0 Å². The van der Waals surface area contributed by atoms with Gasteiger partial charge in [-0.25, -0.2) is 4.98 Å². The summed E-state index contributed by atoms with van der Waals surface area (Å²) in [7, 11) is 0. The van der Waals surface area contributed by atoms with Gasteiger partial charge in [0.05, 0.1) is 17.6 Å². The van der Waals surface area contributed by atoms with E-state index in [1.54, 1.807) is 42.7 Å². The first-order valence-electron chi connectivity index (χ1n) is 10.5. The number of pyridine rings is 1. The lowest BCUT2D eigenvalue weighted by molar-refractivity contribution is -0.138. The zero-order valence-electron chi connectivity index (χ0n) is 18.0. The van der Waals surface area contributed by atoms with Crippen LogP contribution in [0.25, 0.3) is 11.0 Å². The van der Waals surface area contributed by atoms with Gasteiger partial charge in [-0.1, -0.05) is 12.6 Å². The second-order valence-corrected chi connectivity index (χ2v) is 7.57. The van der Waals surface area contributed by atoms with Gasteiger partial charge in [0.25, 0.3) is 0 Å². The molecule has 0 atom stereocenters. The molecule has 176 valence electrons. The number of nitrogens with one attached hydrogen (secondary N) is 3. The van der Waals surface area contributed by atoms with Crippen LogP contribution in [0.15, 0.2) is 79.4 Å². The molecule has 2 aromatic carbocycles. The number of hydrogen-bond donors (Lipinski definition) is 3. The fourth-order valence-electron chi connectivity index (χ4n) is 3.53. The molecule has 0 fully saturated rings. The molecular weight excluding hydrogens is 448 g/mol. The summed E-state index contributed by atoms with van der Waals surface area (Å²) in [5.74, 6) is 1.56. The molecule has 0 aliphatic carbocycles. The quantitative estimate of drug-likeness (QED) is 0.225. The standard InChI is InChI=1S/C25H22F4N4O/c1-16(33-19-5-4-17(3-2-12-26)22(15-19)25(27,28)29)32-18-6-8-20(9-7-18)34-23-11-14-31-24-21(23)10-13-30-24/h4-11,13-15,32-33H,1-3,12H2,(H,30,31). The van der Waals surface area contributed by atoms with Crippen LogP contribution in [0.2, 0.25) is 0 Å². The van der Waals surface area contributed by atoms with Gasteiger partial charge in [-0.05, 0) is 66.9 Å². The maximum Gasteiger partial charge on any atom is 0.416 e. The summed E-state index contributed by atoms with van der Waals surface area (Å²) in [6.07, 6.45) is -1.03. The van der Waals surface area contributed by atoms with Crippen molar-refractivity contribution in [2.75, 3.05) is 17.3 Å². The minimum absolute atomic E-state index is 0.0222. The molecule has 4 aromatic rings. The number of nitrogens with zero attached hydrogens (tertiary/aromatic N) is 1. The Morgan fingerprint density at radius 3 is 2.47 bits per heavy atom. The number of fused-ring (bicyclic) bond motifs is 1. The molecule has 3 N–H and O–H groups in total. The van der Waals surface area contributed by atoms with Gasteiger partial charge in [-0.3, -0.25) is 4.39 Å². The third-order valence-electron chi connectivity index (χ3n) is 5.09. The SMILES string of the molecule is C=C(Nc1ccc(Oc2ccnc3[nH]ccc23)cc1)Nc1ccc(CCCF)c(C(F)(F)F)c1. The van der Waals surface area contributed by atoms with Gasteiger partial charge >= 0.3 is 6.18 Å². The third-order valence-corrected chi connectivity index (χ3v) is 5.09. The van der Waals surface area contributed by atoms with Crippen LogP contribution in [-0.2, 0) is 12.6 Å². The number of alkyl halides is 4. The highest BCUT2D eigenvalue weighted by molar-refractivity contribution is 5.82. The normalized spacial score (nSPS) is 11.4. The predicted octanol–water partition coefficient (Wildman–Crippen LogP) is 7.27. The Morgan fingerprint density at radius 2 is 1.74 bits per heavy atom. The van der Waals surface area contributed by atoms with E-state index in [2.05, 4.69) is 27.2 Å². The first-order valence-corrected chi connectivity index (χ1v) is 10.5. The van der Waals surface area contributed by atoms with E-state index in [0.717, 1.165) is 17.1 Å². The van der Waals surface area contributed by atoms with Gasteiger partial charge in [-0.2, -0.15) is 13.2 Å². The summed E-state index contributed by atoms with van der Waals surface area (Å²) in [5.41, 5.74) is 0.898. The van der Waals surface area contributed by atoms with Crippen LogP contribution in [0.3, 0.4) is 0 Å². The van der Waals surface area contributed by atoms with E-state index >= 15 is 0 Å². The number of halogens is 4. The van der Waals surface area contributed by atoms with Crippen molar-refractivity contribution in [2.45, 2.75) is 19.0 Å². The molecule has 4 rings (SSSR count). The lowest BCUT2D eigenvalue weighted by atomic mass is 10.0. The molecule has 0 amide bonds. The maximum atomic E-state index is 13.4. The van der Waals surface area contributed by atoms with Gasteiger partial charge in [0.1, 0.15) is 23.0 Å². The number of benzene rings is 2. The maximum absolute atomic E-state index is 13.4. The first-order chi connectivity index (χ1) is 16.3. The summed E-state index contributed by atoms with van der Waals surface area (Å²) in [5, 5.41) is 6.70. The monoisotopic (exact) mass is 470 g/mol. The number of aromatic nitrogens is 2. The van der Waals surface area contributed by atoms with E-state index in [1.807, 2.05) is 6.07 Å². The number of aromatic amines is 1. The number of aryl methyl sites for hydroxylation is 1. The minimum Gasteiger partial charge on any atom is -0.457 e. The van der Waals surface area contributed by atoms with Crippen molar-refractivity contribution in [1.82, 2.24) is 9.97 Å². The fourth-order valence-corrected chi connectivity index (χ4v) is 3.53. The zero-order valence-corrected chi connectivity index (χ0v) is 18.0. The van der Waals surface area contributed by atoms with E-state index in [9.17, 15) is 17.6 Å². The van der Waals surface area contributed by atoms with E-state index in [-0.39, 0.29) is 24.1 Å². The molecular formula is C25H22F4N4O. The van der Waals surface area contributed by atoms with Crippen molar-refractivity contribution in [3.63, 3.8) is 0 Å². The molecule has 0 saturated carbocycles. The number of H-pyrrole nitrogens is 1. The molecule has 2 heterocycles. The van der Waals surface area contributed by atoms with Crippen molar-refractivity contribution < 1.29 is 22.3 Å². The van der Waals surface area contributed by atoms with Crippen LogP contribution in [-0.4, -0.2) is 16.6 Å². The minimum atomic E-state index is -4.53. The van der Waals surface area contributed by atoms with Crippen molar-refractivity contribution in [3.8, 4) is 11.5 Å². The smallest absolute Gasteiger partial charge is 0.416 e. The fraction of sp³-hybridized carbons (Fsp3) is 0.160. The molecule has 0 saturated heterocycles. The Hall–Kier alpha value is -4.01. The van der Waals surface area contributed by atoms with Crippen LogP contribution in [0.4, 0.5) is 28.9 Å². The molecule has 5 nitrogen and oxygen atoms in total. The molecule has 0 aliphatic heterocycles. The average Bonchev–Trinajstić information content (AvgIpc) is 3.29. The first kappa shape index (κ1) is 23.2. The second-order valence-electron chi connectivity index (χ2n) is 7.57. The number of anilines is 2. The van der Waals surface area contributed by atoms with Crippen molar-refractivity contribution in [3.05, 3.63) is 90.5 Å². The molecule has 34 heavy (non-hydrogen) atoms. The number of hydrogen-bond acceptors (Lipinski definition) is 4. The lowest BCUT2D eigenvalue weighted by Gasteiger charge is -2.17. The highest BCUT2D eigenvalue weighted by Gasteiger charge is 2.33. The van der Waals surface area contributed by atoms with Gasteiger partial charge in [0, 0.05) is 23.8 Å². The molecule has 0 bridgehead atoms. The van der Waals surface area contributed by atoms with Crippen LogP contribution in [0.1, 0.15) is 17.5 Å². The highest BCUT2D eigenvalue weighted by atomic mass is 19.4. The molecule has 0 aliphatic rings. The molecule has 0 spiro atoms. The Labute approximate surface area is 193 Å². The van der Waals surface area contributed by atoms with Gasteiger partial charge < -0.3 is 20.4 Å². The zero-order chi connectivity index (χ0) is 24.1. The van der Waals surface area contributed by atoms with Crippen LogP contribution in [0.5, 0.6) is 11.5 Å². The van der Waals surface area contributed by atoms with Gasteiger partial charge in [0.15, 0.2) is 0 Å². The van der Waals surface area contributed by atoms with E-state index in [0.29, 0.717) is 23.0 Å². The van der Waals surface area contributed by atoms with Gasteiger partial charge in [-0.15, -0.1) is 0 Å². The number of ether oxygens (including phenoxy) is 1. The Kier molecular flexibility index (Phi) is 6.72. The topological polar surface area (TPSA) is 62.0 Å². The van der Waals surface area contributed by atoms with Crippen LogP contribution < -0.4 is 15.4 Å². The summed E-state index contributed by atoms with van der Waals surface area (Å²) in [6, 6.07) is 14.6. The Morgan fingerprint density at radius 1 is 1.00 bits per heavy atom. The Bertz CT molecular complexity index is 1280. The van der Waals surface area contributed by atoms with Gasteiger partial charge in [0.2, 0.25) is 0 Å². The van der Waals surface area contributed by atoms with Crippen molar-refractivity contribution >= 4 is 22.4 Å². The largest absolute Gasteiger partial charge is 0.457 e. The summed E-state index contributed by atoms with van der Waals surface area (Å²) in [6.45, 7) is 3.17. The molecule has 2 aromatic heterocycles. The average molecular weight is 470 g/mol. The van der Waals surface area contributed by atoms with E-state index in [4.69, 9.17) is 4.74 Å². The second kappa shape index (κ2) is 9.86.